The van der Waals surface area contributed by atoms with Crippen molar-refractivity contribution in [3.63, 3.8) is 0 Å². The molecule has 0 aliphatic heterocycles. The lowest BCUT2D eigenvalue weighted by atomic mass is 9.91. The summed E-state index contributed by atoms with van der Waals surface area (Å²) >= 11 is 0. The first kappa shape index (κ1) is 14.8. The molecule has 1 aromatic carbocycles. The summed E-state index contributed by atoms with van der Waals surface area (Å²) < 4.78 is 18.3. The van der Waals surface area contributed by atoms with E-state index >= 15 is 0 Å². The minimum absolute atomic E-state index is 0.0501. The summed E-state index contributed by atoms with van der Waals surface area (Å²) in [7, 11) is 0. The van der Waals surface area contributed by atoms with Gasteiger partial charge in [0, 0.05) is 12.6 Å². The number of nitrogens with zero attached hydrogens (tertiary/aromatic N) is 1. The molecule has 0 heterocycles. The summed E-state index contributed by atoms with van der Waals surface area (Å²) in [6.45, 7) is 1.96. The molecule has 0 spiro atoms. The Morgan fingerprint density at radius 3 is 2.60 bits per heavy atom. The molecule has 0 radical (unpaired) electrons. The van der Waals surface area contributed by atoms with Crippen LogP contribution in [-0.2, 0) is 4.79 Å². The highest BCUT2D eigenvalue weighted by Gasteiger charge is 2.31. The average Bonchev–Trinajstić information content (AvgIpc) is 2.38. The number of aliphatic hydroxyl groups excluding tert-OH is 1. The van der Waals surface area contributed by atoms with E-state index in [9.17, 15) is 9.18 Å². The standard InChI is InChI=1S/C15H20FNO3/c1-11(20-14-7-5-12(16)6-8-14)15(19)17(9-10-18)13-3-2-4-13/h5-8,11,13,18H,2-4,9-10H2,1H3. The second-order valence-electron chi connectivity index (χ2n) is 5.05. The van der Waals surface area contributed by atoms with Gasteiger partial charge in [0.2, 0.25) is 0 Å². The van der Waals surface area contributed by atoms with E-state index < -0.39 is 6.10 Å². The summed E-state index contributed by atoms with van der Waals surface area (Å²) in [4.78, 5) is 14.0. The van der Waals surface area contributed by atoms with Crippen molar-refractivity contribution >= 4 is 5.91 Å². The number of ether oxygens (including phenoxy) is 1. The lowest BCUT2D eigenvalue weighted by molar-refractivity contribution is -0.142. The summed E-state index contributed by atoms with van der Waals surface area (Å²) in [5, 5.41) is 9.08. The van der Waals surface area contributed by atoms with Crippen molar-refractivity contribution in [2.75, 3.05) is 13.2 Å². The van der Waals surface area contributed by atoms with Crippen LogP contribution in [0.15, 0.2) is 24.3 Å². The van der Waals surface area contributed by atoms with Crippen molar-refractivity contribution in [1.29, 1.82) is 0 Å². The third-order valence-corrected chi connectivity index (χ3v) is 3.61. The van der Waals surface area contributed by atoms with Crippen LogP contribution in [0.1, 0.15) is 26.2 Å². The number of carbonyl (C=O) groups excluding carboxylic acids is 1. The Bertz CT molecular complexity index is 445. The number of halogens is 1. The van der Waals surface area contributed by atoms with Crippen LogP contribution in [0.25, 0.3) is 0 Å². The largest absolute Gasteiger partial charge is 0.481 e. The van der Waals surface area contributed by atoms with Crippen molar-refractivity contribution in [3.8, 4) is 5.75 Å². The van der Waals surface area contributed by atoms with E-state index in [0.29, 0.717) is 12.3 Å². The van der Waals surface area contributed by atoms with E-state index in [1.807, 2.05) is 0 Å². The maximum Gasteiger partial charge on any atom is 0.263 e. The highest BCUT2D eigenvalue weighted by molar-refractivity contribution is 5.81. The summed E-state index contributed by atoms with van der Waals surface area (Å²) in [5.74, 6) is -0.00872. The topological polar surface area (TPSA) is 49.8 Å². The Balaban J connectivity index is 1.97. The average molecular weight is 281 g/mol. The Kier molecular flexibility index (Phi) is 4.95. The molecule has 20 heavy (non-hydrogen) atoms. The van der Waals surface area contributed by atoms with Crippen LogP contribution in [0, 0.1) is 5.82 Å². The summed E-state index contributed by atoms with van der Waals surface area (Å²) in [5.41, 5.74) is 0. The van der Waals surface area contributed by atoms with Crippen molar-refractivity contribution in [2.45, 2.75) is 38.3 Å². The molecule has 1 aliphatic carbocycles. The number of carbonyl (C=O) groups is 1. The van der Waals surface area contributed by atoms with Crippen LogP contribution < -0.4 is 4.74 Å². The smallest absolute Gasteiger partial charge is 0.263 e. The van der Waals surface area contributed by atoms with Crippen LogP contribution in [0.3, 0.4) is 0 Å². The summed E-state index contributed by atoms with van der Waals surface area (Å²) in [6, 6.07) is 5.81. The van der Waals surface area contributed by atoms with Gasteiger partial charge in [-0.25, -0.2) is 4.39 Å². The number of hydrogen-bond acceptors (Lipinski definition) is 3. The van der Waals surface area contributed by atoms with Crippen molar-refractivity contribution in [3.05, 3.63) is 30.1 Å². The van der Waals surface area contributed by atoms with Gasteiger partial charge in [-0.1, -0.05) is 0 Å². The van der Waals surface area contributed by atoms with Gasteiger partial charge in [0.1, 0.15) is 11.6 Å². The van der Waals surface area contributed by atoms with Gasteiger partial charge >= 0.3 is 0 Å². The predicted molar refractivity (Wildman–Crippen MR) is 72.9 cm³/mol. The van der Waals surface area contributed by atoms with Gasteiger partial charge in [0.05, 0.1) is 6.61 Å². The number of rotatable bonds is 6. The van der Waals surface area contributed by atoms with Gasteiger partial charge < -0.3 is 14.7 Å². The Hall–Kier alpha value is -1.62. The van der Waals surface area contributed by atoms with Gasteiger partial charge in [0.15, 0.2) is 6.10 Å². The predicted octanol–water partition coefficient (Wildman–Crippen LogP) is 1.97. The minimum Gasteiger partial charge on any atom is -0.481 e. The molecule has 1 aromatic rings. The molecule has 1 aliphatic rings. The van der Waals surface area contributed by atoms with E-state index in [1.165, 1.54) is 24.3 Å². The second-order valence-corrected chi connectivity index (χ2v) is 5.05. The molecular weight excluding hydrogens is 261 g/mol. The SMILES string of the molecule is CC(Oc1ccc(F)cc1)C(=O)N(CCO)C1CCC1. The highest BCUT2D eigenvalue weighted by atomic mass is 19.1. The first-order valence-corrected chi connectivity index (χ1v) is 6.95. The molecule has 5 heteroatoms. The molecule has 110 valence electrons. The second kappa shape index (κ2) is 6.70. The van der Waals surface area contributed by atoms with Gasteiger partial charge in [-0.15, -0.1) is 0 Å². The minimum atomic E-state index is -0.646. The molecule has 1 atom stereocenters. The van der Waals surface area contributed by atoms with Gasteiger partial charge in [-0.05, 0) is 50.5 Å². The molecule has 0 aromatic heterocycles. The lowest BCUT2D eigenvalue weighted by Gasteiger charge is -2.38. The Labute approximate surface area is 118 Å². The van der Waals surface area contributed by atoms with Crippen LogP contribution in [0.2, 0.25) is 0 Å². The molecule has 1 amide bonds. The van der Waals surface area contributed by atoms with E-state index in [-0.39, 0.29) is 24.4 Å². The lowest BCUT2D eigenvalue weighted by Crippen LogP contribution is -2.50. The molecule has 0 bridgehead atoms. The van der Waals surface area contributed by atoms with Crippen LogP contribution in [0.5, 0.6) is 5.75 Å². The Morgan fingerprint density at radius 2 is 2.10 bits per heavy atom. The van der Waals surface area contributed by atoms with E-state index in [1.54, 1.807) is 11.8 Å². The third-order valence-electron chi connectivity index (χ3n) is 3.61. The fourth-order valence-corrected chi connectivity index (χ4v) is 2.28. The monoisotopic (exact) mass is 281 g/mol. The van der Waals surface area contributed by atoms with Gasteiger partial charge in [-0.2, -0.15) is 0 Å². The van der Waals surface area contributed by atoms with Crippen molar-refractivity contribution < 1.29 is 19.0 Å². The molecule has 1 fully saturated rings. The van der Waals surface area contributed by atoms with Gasteiger partial charge in [0.25, 0.3) is 5.91 Å². The van der Waals surface area contributed by atoms with E-state index in [2.05, 4.69) is 0 Å². The zero-order valence-electron chi connectivity index (χ0n) is 11.6. The van der Waals surface area contributed by atoms with Crippen molar-refractivity contribution in [2.24, 2.45) is 0 Å². The molecule has 2 rings (SSSR count). The van der Waals surface area contributed by atoms with Crippen molar-refractivity contribution in [1.82, 2.24) is 4.90 Å². The van der Waals surface area contributed by atoms with Crippen LogP contribution in [0.4, 0.5) is 4.39 Å². The van der Waals surface area contributed by atoms with E-state index in [0.717, 1.165) is 19.3 Å². The molecule has 4 nitrogen and oxygen atoms in total. The highest BCUT2D eigenvalue weighted by Crippen LogP contribution is 2.25. The zero-order chi connectivity index (χ0) is 14.5. The molecular formula is C15H20FNO3. The molecule has 1 N–H and O–H groups in total. The number of hydrogen-bond donors (Lipinski definition) is 1. The normalized spacial score (nSPS) is 16.4. The fraction of sp³-hybridized carbons (Fsp3) is 0.533. The fourth-order valence-electron chi connectivity index (χ4n) is 2.28. The maximum absolute atomic E-state index is 12.8. The van der Waals surface area contributed by atoms with Crippen LogP contribution >= 0.6 is 0 Å². The zero-order valence-corrected chi connectivity index (χ0v) is 11.6. The van der Waals surface area contributed by atoms with E-state index in [4.69, 9.17) is 9.84 Å². The molecule has 0 saturated heterocycles. The first-order valence-electron chi connectivity index (χ1n) is 6.95. The quantitative estimate of drug-likeness (QED) is 0.867. The number of aliphatic hydroxyl groups is 1. The molecule has 1 unspecified atom stereocenters. The number of amides is 1. The number of benzene rings is 1. The maximum atomic E-state index is 12.8. The van der Waals surface area contributed by atoms with Crippen LogP contribution in [-0.4, -0.2) is 41.2 Å². The third kappa shape index (κ3) is 3.48. The molecule has 1 saturated carbocycles. The first-order chi connectivity index (χ1) is 9.61. The van der Waals surface area contributed by atoms with Gasteiger partial charge in [-0.3, -0.25) is 4.79 Å². The Morgan fingerprint density at radius 1 is 1.45 bits per heavy atom. The summed E-state index contributed by atoms with van der Waals surface area (Å²) in [6.07, 6.45) is 2.43.